The van der Waals surface area contributed by atoms with E-state index in [0.717, 1.165) is 26.7 Å². The number of fused-ring (bicyclic) bond motifs is 3. The van der Waals surface area contributed by atoms with Crippen molar-refractivity contribution in [3.63, 3.8) is 0 Å². The molecule has 1 saturated heterocycles. The molecule has 4 aromatic rings. The zero-order valence-electron chi connectivity index (χ0n) is 19.2. The largest absolute Gasteiger partial charge is 0.497 e. The quantitative estimate of drug-likeness (QED) is 0.424. The molecule has 10 heteroatoms. The van der Waals surface area contributed by atoms with Gasteiger partial charge in [0.15, 0.2) is 11.5 Å². The van der Waals surface area contributed by atoms with Crippen LogP contribution in [0.4, 0.5) is 5.95 Å². The van der Waals surface area contributed by atoms with Crippen molar-refractivity contribution in [3.8, 4) is 17.1 Å². The van der Waals surface area contributed by atoms with Crippen molar-refractivity contribution in [2.45, 2.75) is 26.0 Å². The van der Waals surface area contributed by atoms with Crippen LogP contribution in [0.3, 0.4) is 0 Å². The third-order valence-corrected chi connectivity index (χ3v) is 6.51. The minimum Gasteiger partial charge on any atom is -0.497 e. The zero-order chi connectivity index (χ0) is 23.8. The Balaban J connectivity index is 1.56. The number of anilines is 1. The smallest absolute Gasteiger partial charge is 0.245 e. The Bertz CT molecular complexity index is 1360. The number of methoxy groups -OCH3 is 1. The predicted molar refractivity (Wildman–Crippen MR) is 133 cm³/mol. The Morgan fingerprint density at radius 3 is 2.76 bits per heavy atom. The van der Waals surface area contributed by atoms with Gasteiger partial charge in [0, 0.05) is 28.5 Å². The van der Waals surface area contributed by atoms with Crippen molar-refractivity contribution in [1.82, 2.24) is 24.5 Å². The molecule has 1 unspecified atom stereocenters. The fourth-order valence-electron chi connectivity index (χ4n) is 4.10. The maximum atomic E-state index is 13.1. The monoisotopic (exact) mass is 524 g/mol. The summed E-state index contributed by atoms with van der Waals surface area (Å²) in [7, 11) is 1.63. The van der Waals surface area contributed by atoms with Crippen LogP contribution < -0.4 is 10.1 Å². The number of nitrogens with one attached hydrogen (secondary N) is 1. The Labute approximate surface area is 205 Å². The van der Waals surface area contributed by atoms with Gasteiger partial charge in [0.1, 0.15) is 11.8 Å². The van der Waals surface area contributed by atoms with Crippen molar-refractivity contribution in [3.05, 3.63) is 46.9 Å². The molecule has 1 aliphatic rings. The van der Waals surface area contributed by atoms with Crippen LogP contribution in [0.2, 0.25) is 0 Å². The molecule has 0 aliphatic carbocycles. The Morgan fingerprint density at radius 1 is 1.24 bits per heavy atom. The second kappa shape index (κ2) is 9.19. The summed E-state index contributed by atoms with van der Waals surface area (Å²) in [4.78, 5) is 24.6. The normalized spacial score (nSPS) is 17.2. The molecular formula is C24H25BrN6O3. The Hall–Kier alpha value is -3.24. The molecule has 1 N–H and O–H groups in total. The zero-order valence-corrected chi connectivity index (χ0v) is 20.7. The number of carbonyl (C=O) groups excluding carboxylic acids is 1. The fourth-order valence-corrected chi connectivity index (χ4v) is 4.56. The number of para-hydroxylation sites is 1. The number of benzene rings is 2. The average Bonchev–Trinajstić information content (AvgIpc) is 3.30. The van der Waals surface area contributed by atoms with Crippen molar-refractivity contribution in [2.24, 2.45) is 0 Å². The van der Waals surface area contributed by atoms with Gasteiger partial charge in [0.25, 0.3) is 0 Å². The van der Waals surface area contributed by atoms with E-state index in [1.54, 1.807) is 11.6 Å². The molecular weight excluding hydrogens is 500 g/mol. The summed E-state index contributed by atoms with van der Waals surface area (Å²) >= 11 is 3.60. The van der Waals surface area contributed by atoms with Gasteiger partial charge in [-0.2, -0.15) is 4.52 Å². The first kappa shape index (κ1) is 22.5. The van der Waals surface area contributed by atoms with E-state index in [1.165, 1.54) is 0 Å². The molecule has 1 fully saturated rings. The molecule has 2 atom stereocenters. The Kier molecular flexibility index (Phi) is 6.09. The summed E-state index contributed by atoms with van der Waals surface area (Å²) in [5.41, 5.74) is 2.25. The molecule has 0 bridgehead atoms. The summed E-state index contributed by atoms with van der Waals surface area (Å²) in [5, 5.41) is 8.87. The maximum absolute atomic E-state index is 13.1. The van der Waals surface area contributed by atoms with Gasteiger partial charge in [0.2, 0.25) is 11.9 Å². The molecule has 3 heterocycles. The molecule has 176 valence electrons. The molecule has 0 saturated carbocycles. The summed E-state index contributed by atoms with van der Waals surface area (Å²) < 4.78 is 13.3. The number of halogens is 1. The molecule has 5 rings (SSSR count). The molecule has 9 nitrogen and oxygen atoms in total. The van der Waals surface area contributed by atoms with Crippen LogP contribution in [0.5, 0.6) is 5.75 Å². The molecule has 34 heavy (non-hydrogen) atoms. The van der Waals surface area contributed by atoms with E-state index in [4.69, 9.17) is 24.5 Å². The van der Waals surface area contributed by atoms with E-state index < -0.39 is 6.04 Å². The van der Waals surface area contributed by atoms with Crippen LogP contribution in [-0.2, 0) is 9.53 Å². The summed E-state index contributed by atoms with van der Waals surface area (Å²) in [5.74, 6) is 1.76. The van der Waals surface area contributed by atoms with Gasteiger partial charge in [-0.15, -0.1) is 5.10 Å². The highest BCUT2D eigenvalue weighted by molar-refractivity contribution is 9.10. The molecule has 1 aliphatic heterocycles. The lowest BCUT2D eigenvalue weighted by Crippen LogP contribution is -2.49. The number of rotatable bonds is 5. The lowest BCUT2D eigenvalue weighted by molar-refractivity contribution is -0.138. The van der Waals surface area contributed by atoms with Gasteiger partial charge >= 0.3 is 0 Å². The highest BCUT2D eigenvalue weighted by Crippen LogP contribution is 2.29. The van der Waals surface area contributed by atoms with Gasteiger partial charge in [0.05, 0.1) is 25.3 Å². The van der Waals surface area contributed by atoms with Crippen LogP contribution in [0, 0.1) is 0 Å². The summed E-state index contributed by atoms with van der Waals surface area (Å²) in [6, 6.07) is 12.9. The van der Waals surface area contributed by atoms with Crippen molar-refractivity contribution in [2.75, 3.05) is 32.1 Å². The maximum Gasteiger partial charge on any atom is 0.245 e. The van der Waals surface area contributed by atoms with Crippen LogP contribution in [0.15, 0.2) is 46.9 Å². The Morgan fingerprint density at radius 2 is 2.03 bits per heavy atom. The van der Waals surface area contributed by atoms with E-state index in [1.807, 2.05) is 61.2 Å². The number of carbonyl (C=O) groups is 1. The van der Waals surface area contributed by atoms with Crippen molar-refractivity contribution >= 4 is 44.3 Å². The first-order valence-corrected chi connectivity index (χ1v) is 11.9. The molecule has 0 spiro atoms. The van der Waals surface area contributed by atoms with Gasteiger partial charge in [-0.25, -0.2) is 9.97 Å². The standard InChI is InChI=1S/C24H25BrN6O3/c1-14-13-30(11-12-34-14)23(32)15(2)26-24-27-20-18(5-4-6-19(20)25)22-28-21(29-31(22)24)16-7-9-17(33-3)10-8-16/h4-10,14-15H,11-13H2,1-3H3,(H,26,27)/t14-,15?/m0/s1. The van der Waals surface area contributed by atoms with Crippen molar-refractivity contribution in [1.29, 1.82) is 0 Å². The lowest BCUT2D eigenvalue weighted by Gasteiger charge is -2.33. The van der Waals surface area contributed by atoms with Crippen molar-refractivity contribution < 1.29 is 14.3 Å². The van der Waals surface area contributed by atoms with E-state index in [2.05, 4.69) is 21.2 Å². The highest BCUT2D eigenvalue weighted by Gasteiger charge is 2.27. The van der Waals surface area contributed by atoms with E-state index >= 15 is 0 Å². The minimum absolute atomic E-state index is 0.00665. The highest BCUT2D eigenvalue weighted by atomic mass is 79.9. The number of hydrogen-bond acceptors (Lipinski definition) is 7. The van der Waals surface area contributed by atoms with E-state index in [0.29, 0.717) is 37.1 Å². The van der Waals surface area contributed by atoms with Crippen LogP contribution >= 0.6 is 15.9 Å². The first-order valence-electron chi connectivity index (χ1n) is 11.1. The van der Waals surface area contributed by atoms with Gasteiger partial charge in [-0.1, -0.05) is 6.07 Å². The van der Waals surface area contributed by atoms with Crippen LogP contribution in [0.1, 0.15) is 13.8 Å². The summed E-state index contributed by atoms with van der Waals surface area (Å²) in [6.07, 6.45) is 0.0220. The second-order valence-electron chi connectivity index (χ2n) is 8.30. The predicted octanol–water partition coefficient (Wildman–Crippen LogP) is 3.76. The number of amides is 1. The topological polar surface area (TPSA) is 93.9 Å². The third kappa shape index (κ3) is 4.19. The fraction of sp³-hybridized carbons (Fsp3) is 0.333. The van der Waals surface area contributed by atoms with Gasteiger partial charge in [-0.3, -0.25) is 4.79 Å². The van der Waals surface area contributed by atoms with Crippen LogP contribution in [-0.4, -0.2) is 69.3 Å². The number of hydrogen-bond donors (Lipinski definition) is 1. The molecule has 0 radical (unpaired) electrons. The minimum atomic E-state index is -0.505. The summed E-state index contributed by atoms with van der Waals surface area (Å²) in [6.45, 7) is 5.49. The number of aromatic nitrogens is 4. The molecule has 2 aromatic carbocycles. The molecule has 1 amide bonds. The number of morpholine rings is 1. The third-order valence-electron chi connectivity index (χ3n) is 5.87. The lowest BCUT2D eigenvalue weighted by atomic mass is 10.2. The van der Waals surface area contributed by atoms with E-state index in [9.17, 15) is 4.79 Å². The average molecular weight is 525 g/mol. The van der Waals surface area contributed by atoms with Gasteiger partial charge in [-0.05, 0) is 66.2 Å². The first-order chi connectivity index (χ1) is 16.4. The van der Waals surface area contributed by atoms with Crippen LogP contribution in [0.25, 0.3) is 27.9 Å². The van der Waals surface area contributed by atoms with Gasteiger partial charge < -0.3 is 19.7 Å². The SMILES string of the molecule is COc1ccc(-c2nc3c4cccc(Br)c4nc(NC(C)C(=O)N4CCO[C@@H](C)C4)n3n2)cc1. The number of ether oxygens (including phenoxy) is 2. The molecule has 2 aromatic heterocycles. The second-order valence-corrected chi connectivity index (χ2v) is 9.16. The van der Waals surface area contributed by atoms with E-state index in [-0.39, 0.29) is 12.0 Å². The number of nitrogens with zero attached hydrogens (tertiary/aromatic N) is 5.